The Morgan fingerprint density at radius 3 is 0.976 bits per heavy atom. The van der Waals surface area contributed by atoms with Crippen LogP contribution in [0, 0.1) is 0 Å². The van der Waals surface area contributed by atoms with Crippen LogP contribution >= 0.6 is 7.82 Å². The largest absolute Gasteiger partial charge is 0.756 e. The van der Waals surface area contributed by atoms with E-state index in [1.54, 1.807) is 6.08 Å². The van der Waals surface area contributed by atoms with Gasteiger partial charge in [-0.25, -0.2) is 0 Å². The lowest BCUT2D eigenvalue weighted by molar-refractivity contribution is -0.870. The molecule has 0 rings (SSSR count). The molecular weight excluding hydrogens is 1040 g/mol. The lowest BCUT2D eigenvalue weighted by atomic mass is 10.0. The predicted octanol–water partition coefficient (Wildman–Crippen LogP) is 23.0. The van der Waals surface area contributed by atoms with Crippen LogP contribution in [0.25, 0.3) is 0 Å². The summed E-state index contributed by atoms with van der Waals surface area (Å²) in [4.78, 5) is 25.6. The molecule has 492 valence electrons. The van der Waals surface area contributed by atoms with E-state index < -0.39 is 26.6 Å². The smallest absolute Gasteiger partial charge is 0.268 e. The van der Waals surface area contributed by atoms with Gasteiger partial charge in [-0.1, -0.05) is 365 Å². The molecule has 0 fully saturated rings. The number of phosphoric acid groups is 1. The Morgan fingerprint density at radius 2 is 0.675 bits per heavy atom. The van der Waals surface area contributed by atoms with E-state index >= 15 is 0 Å². The van der Waals surface area contributed by atoms with Crippen molar-refractivity contribution >= 4 is 13.7 Å². The molecule has 1 amide bonds. The molecule has 0 aromatic rings. The summed E-state index contributed by atoms with van der Waals surface area (Å²) in [6, 6.07) is -0.909. The van der Waals surface area contributed by atoms with E-state index in [9.17, 15) is 19.4 Å². The number of rotatable bonds is 69. The van der Waals surface area contributed by atoms with Crippen LogP contribution in [-0.2, 0) is 18.4 Å². The van der Waals surface area contributed by atoms with Crippen molar-refractivity contribution in [2.24, 2.45) is 0 Å². The summed E-state index contributed by atoms with van der Waals surface area (Å²) in [6.45, 7) is 4.68. The van der Waals surface area contributed by atoms with Crippen LogP contribution in [0.5, 0.6) is 0 Å². The Hall–Kier alpha value is -1.28. The molecule has 0 radical (unpaired) electrons. The molecule has 3 unspecified atom stereocenters. The van der Waals surface area contributed by atoms with Crippen molar-refractivity contribution in [3.05, 3.63) is 36.5 Å². The molecule has 0 aliphatic rings. The number of carbonyl (C=O) groups is 1. The fraction of sp³-hybridized carbons (Fsp3) is 0.905. The van der Waals surface area contributed by atoms with Crippen molar-refractivity contribution in [1.29, 1.82) is 0 Å². The van der Waals surface area contributed by atoms with Gasteiger partial charge in [-0.15, -0.1) is 0 Å². The van der Waals surface area contributed by atoms with Crippen molar-refractivity contribution < 1.29 is 32.9 Å². The van der Waals surface area contributed by atoms with E-state index in [2.05, 4.69) is 43.5 Å². The van der Waals surface area contributed by atoms with Gasteiger partial charge >= 0.3 is 0 Å². The molecule has 9 heteroatoms. The quantitative estimate of drug-likeness (QED) is 0.0272. The number of likely N-dealkylation sites (N-methyl/N-ethyl adjacent to an activating group) is 1. The monoisotopic (exact) mass is 1190 g/mol. The average molecular weight is 1190 g/mol. The Bertz CT molecular complexity index is 1450. The third-order valence-corrected chi connectivity index (χ3v) is 18.0. The minimum atomic E-state index is -4.61. The molecule has 83 heavy (non-hydrogen) atoms. The number of allylic oxidation sites excluding steroid dienone is 5. The van der Waals surface area contributed by atoms with E-state index in [0.717, 1.165) is 44.9 Å². The van der Waals surface area contributed by atoms with Gasteiger partial charge in [0, 0.05) is 6.42 Å². The zero-order valence-electron chi connectivity index (χ0n) is 56.4. The van der Waals surface area contributed by atoms with Gasteiger partial charge < -0.3 is 28.8 Å². The molecular formula is C74H145N2O6P. The van der Waals surface area contributed by atoms with Crippen molar-refractivity contribution in [2.75, 3.05) is 40.9 Å². The second-order valence-electron chi connectivity index (χ2n) is 26.6. The van der Waals surface area contributed by atoms with Gasteiger partial charge in [0.1, 0.15) is 13.2 Å². The topological polar surface area (TPSA) is 108 Å². The highest BCUT2D eigenvalue weighted by atomic mass is 31.2. The number of unbranched alkanes of at least 4 members (excludes halogenated alkanes) is 52. The molecule has 0 aromatic carbocycles. The van der Waals surface area contributed by atoms with Crippen molar-refractivity contribution in [3.63, 3.8) is 0 Å². The van der Waals surface area contributed by atoms with E-state index in [4.69, 9.17) is 9.05 Å². The van der Waals surface area contributed by atoms with Gasteiger partial charge in [0.2, 0.25) is 5.91 Å². The second-order valence-corrected chi connectivity index (χ2v) is 28.1. The molecule has 0 heterocycles. The maximum Gasteiger partial charge on any atom is 0.268 e. The Kier molecular flexibility index (Phi) is 64.2. The van der Waals surface area contributed by atoms with Crippen LogP contribution < -0.4 is 10.2 Å². The summed E-state index contributed by atoms with van der Waals surface area (Å²) in [7, 11) is 1.25. The first kappa shape index (κ1) is 81.7. The Morgan fingerprint density at radius 1 is 0.410 bits per heavy atom. The molecule has 3 atom stereocenters. The number of nitrogens with one attached hydrogen (secondary N) is 1. The lowest BCUT2D eigenvalue weighted by Gasteiger charge is -2.29. The molecule has 8 nitrogen and oxygen atoms in total. The van der Waals surface area contributed by atoms with Crippen molar-refractivity contribution in [2.45, 2.75) is 392 Å². The number of quaternary nitrogens is 1. The third-order valence-electron chi connectivity index (χ3n) is 17.1. The second kappa shape index (κ2) is 65.2. The maximum absolute atomic E-state index is 13.0. The molecule has 0 bridgehead atoms. The van der Waals surface area contributed by atoms with Crippen LogP contribution in [0.1, 0.15) is 380 Å². The van der Waals surface area contributed by atoms with Crippen LogP contribution in [0.3, 0.4) is 0 Å². The van der Waals surface area contributed by atoms with E-state index in [-0.39, 0.29) is 12.5 Å². The van der Waals surface area contributed by atoms with Crippen LogP contribution in [0.4, 0.5) is 0 Å². The minimum Gasteiger partial charge on any atom is -0.756 e. The first-order valence-electron chi connectivity index (χ1n) is 36.9. The third kappa shape index (κ3) is 68.1. The number of carbonyl (C=O) groups excluding carboxylic acids is 1. The van der Waals surface area contributed by atoms with E-state index in [0.29, 0.717) is 17.4 Å². The molecule has 0 aliphatic heterocycles. The van der Waals surface area contributed by atoms with E-state index in [1.165, 1.54) is 315 Å². The van der Waals surface area contributed by atoms with Crippen LogP contribution in [0.2, 0.25) is 0 Å². The Balaban J connectivity index is 3.95. The number of hydrogen-bond acceptors (Lipinski definition) is 6. The predicted molar refractivity (Wildman–Crippen MR) is 362 cm³/mol. The van der Waals surface area contributed by atoms with Gasteiger partial charge in [0.05, 0.1) is 39.9 Å². The normalized spacial score (nSPS) is 13.8. The molecule has 0 saturated carbocycles. The number of aliphatic hydroxyl groups is 1. The maximum atomic E-state index is 13.0. The molecule has 0 spiro atoms. The molecule has 0 saturated heterocycles. The summed E-state index contributed by atoms with van der Waals surface area (Å²) in [5.74, 6) is -0.203. The Labute approximate surface area is 518 Å². The fourth-order valence-electron chi connectivity index (χ4n) is 11.4. The number of phosphoric ester groups is 1. The summed E-state index contributed by atoms with van der Waals surface area (Å²) < 4.78 is 23.4. The molecule has 2 N–H and O–H groups in total. The fourth-order valence-corrected chi connectivity index (χ4v) is 12.1. The minimum absolute atomic E-state index is 0.00711. The average Bonchev–Trinajstić information content (AvgIpc) is 3.50. The molecule has 0 aliphatic carbocycles. The van der Waals surface area contributed by atoms with Crippen molar-refractivity contribution in [1.82, 2.24) is 5.32 Å². The summed E-state index contributed by atoms with van der Waals surface area (Å²) in [5, 5.41) is 13.9. The van der Waals surface area contributed by atoms with Crippen LogP contribution in [0.15, 0.2) is 36.5 Å². The first-order valence-corrected chi connectivity index (χ1v) is 38.3. The highest BCUT2D eigenvalue weighted by Crippen LogP contribution is 2.38. The van der Waals surface area contributed by atoms with Gasteiger partial charge in [0.25, 0.3) is 7.82 Å². The van der Waals surface area contributed by atoms with Gasteiger partial charge in [0.15, 0.2) is 0 Å². The zero-order chi connectivity index (χ0) is 60.5. The molecule has 0 aromatic heterocycles. The summed E-state index contributed by atoms with van der Waals surface area (Å²) >= 11 is 0. The SMILES string of the molecule is CCCCCCCCCCCCCC/C=C/CC/C=C/CC/C=C/C(O)C(COP(=O)([O-])OCC[N+](C)(C)C)NC(=O)CCCCCCCCCCCCCCCCCCCCCCCCCCCCCCCCCCCCCCCCC. The van der Waals surface area contributed by atoms with Gasteiger partial charge in [-0.2, -0.15) is 0 Å². The van der Waals surface area contributed by atoms with Crippen molar-refractivity contribution in [3.8, 4) is 0 Å². The standard InChI is InChI=1S/C74H145N2O6P/c1-6-8-10-12-14-16-18-20-22-24-26-28-30-31-32-33-34-35-36-37-38-39-40-41-42-43-44-45-46-48-50-52-54-56-58-60-62-64-66-68-74(78)75-72(71-82-83(79,80)81-70-69-76(3,4)5)73(77)67-65-63-61-59-57-55-53-51-49-47-29-27-25-23-21-19-17-15-13-11-9-7-2/h49,51,57,59,65,67,72-73,77H,6-48,50,52-56,58,60-64,66,68-71H2,1-5H3,(H-,75,78,79,80)/b51-49+,59-57+,67-65+. The van der Waals surface area contributed by atoms with Gasteiger partial charge in [-0.3, -0.25) is 9.36 Å². The van der Waals surface area contributed by atoms with Gasteiger partial charge in [-0.05, 0) is 44.9 Å². The first-order chi connectivity index (χ1) is 40.5. The van der Waals surface area contributed by atoms with E-state index in [1.807, 2.05) is 27.2 Å². The zero-order valence-corrected chi connectivity index (χ0v) is 57.3. The number of nitrogens with zero attached hydrogens (tertiary/aromatic N) is 1. The summed E-state index contributed by atoms with van der Waals surface area (Å²) in [5.41, 5.74) is 0. The number of aliphatic hydroxyl groups excluding tert-OH is 1. The lowest BCUT2D eigenvalue weighted by Crippen LogP contribution is -2.45. The number of amides is 1. The van der Waals surface area contributed by atoms with Crippen LogP contribution in [-0.4, -0.2) is 68.5 Å². The highest BCUT2D eigenvalue weighted by molar-refractivity contribution is 7.45. The number of hydrogen-bond donors (Lipinski definition) is 2. The highest BCUT2D eigenvalue weighted by Gasteiger charge is 2.23. The summed E-state index contributed by atoms with van der Waals surface area (Å²) in [6.07, 6.45) is 87.4.